The first-order chi connectivity index (χ1) is 14.0. The zero-order chi connectivity index (χ0) is 20.4. The fourth-order valence-corrected chi connectivity index (χ4v) is 3.75. The lowest BCUT2D eigenvalue weighted by Gasteiger charge is -2.21. The minimum atomic E-state index is -0.624. The third-order valence-corrected chi connectivity index (χ3v) is 4.90. The van der Waals surface area contributed by atoms with E-state index in [0.717, 1.165) is 11.0 Å². The molecule has 0 bridgehead atoms. The summed E-state index contributed by atoms with van der Waals surface area (Å²) in [6.07, 6.45) is -0.624. The van der Waals surface area contributed by atoms with Gasteiger partial charge in [-0.1, -0.05) is 41.6 Å². The van der Waals surface area contributed by atoms with Crippen LogP contribution >= 0.6 is 0 Å². The Hall–Kier alpha value is -3.16. The zero-order valence-corrected chi connectivity index (χ0v) is 16.5. The summed E-state index contributed by atoms with van der Waals surface area (Å²) in [4.78, 5) is 14.0. The van der Waals surface area contributed by atoms with Gasteiger partial charge in [0.25, 0.3) is 0 Å². The van der Waals surface area contributed by atoms with E-state index in [1.54, 1.807) is 17.9 Å². The molecule has 2 heterocycles. The maximum atomic E-state index is 12.2. The van der Waals surface area contributed by atoms with Crippen molar-refractivity contribution in [3.05, 3.63) is 60.4 Å². The average Bonchev–Trinajstić information content (AvgIpc) is 3.23. The number of fused-ring (bicyclic) bond motifs is 3. The van der Waals surface area contributed by atoms with Gasteiger partial charge >= 0.3 is 0 Å². The van der Waals surface area contributed by atoms with Gasteiger partial charge in [-0.2, -0.15) is 0 Å². The average molecular weight is 392 g/mol. The highest BCUT2D eigenvalue weighted by atomic mass is 16.5. The van der Waals surface area contributed by atoms with E-state index in [1.165, 1.54) is 10.8 Å². The van der Waals surface area contributed by atoms with E-state index in [1.807, 2.05) is 31.3 Å². The Kier molecular flexibility index (Phi) is 5.33. The van der Waals surface area contributed by atoms with Gasteiger partial charge < -0.3 is 19.5 Å². The van der Waals surface area contributed by atoms with E-state index in [0.29, 0.717) is 24.7 Å². The van der Waals surface area contributed by atoms with E-state index in [-0.39, 0.29) is 12.5 Å². The van der Waals surface area contributed by atoms with Crippen molar-refractivity contribution in [3.63, 3.8) is 0 Å². The fraction of sp³-hybridized carbons (Fsp3) is 0.273. The Labute approximate surface area is 168 Å². The highest BCUT2D eigenvalue weighted by molar-refractivity contribution is 6.07. The molecule has 4 rings (SSSR count). The predicted octanol–water partition coefficient (Wildman–Crippen LogP) is 3.02. The SMILES string of the molecule is Cc1cc(NC(=O)CN(C)CC(O)Cn2c3ccccc3c3ccccc32)no1. The summed E-state index contributed by atoms with van der Waals surface area (Å²) in [6.45, 7) is 2.73. The maximum absolute atomic E-state index is 12.2. The zero-order valence-electron chi connectivity index (χ0n) is 16.5. The Morgan fingerprint density at radius 1 is 1.17 bits per heavy atom. The smallest absolute Gasteiger partial charge is 0.239 e. The molecule has 7 nitrogen and oxygen atoms in total. The molecule has 2 aromatic carbocycles. The van der Waals surface area contributed by atoms with E-state index in [2.05, 4.69) is 39.3 Å². The van der Waals surface area contributed by atoms with E-state index in [4.69, 9.17) is 4.52 Å². The number of carbonyl (C=O) groups is 1. The third kappa shape index (κ3) is 4.16. The molecule has 7 heteroatoms. The number of nitrogens with one attached hydrogen (secondary N) is 1. The summed E-state index contributed by atoms with van der Waals surface area (Å²) in [6, 6.07) is 18.1. The molecule has 0 saturated carbocycles. The van der Waals surface area contributed by atoms with Crippen LogP contribution in [0.3, 0.4) is 0 Å². The normalized spacial score (nSPS) is 12.7. The number of carbonyl (C=O) groups excluding carboxylic acids is 1. The van der Waals surface area contributed by atoms with E-state index >= 15 is 0 Å². The second-order valence-corrected chi connectivity index (χ2v) is 7.37. The van der Waals surface area contributed by atoms with Crippen LogP contribution in [-0.4, -0.2) is 51.9 Å². The van der Waals surface area contributed by atoms with Gasteiger partial charge in [-0.3, -0.25) is 9.69 Å². The first-order valence-corrected chi connectivity index (χ1v) is 9.57. The molecule has 2 N–H and O–H groups in total. The monoisotopic (exact) mass is 392 g/mol. The van der Waals surface area contributed by atoms with Crippen LogP contribution in [0.25, 0.3) is 21.8 Å². The number of aromatic nitrogens is 2. The van der Waals surface area contributed by atoms with Gasteiger partial charge in [0, 0.05) is 34.4 Å². The summed E-state index contributed by atoms with van der Waals surface area (Å²) in [7, 11) is 1.81. The van der Waals surface area contributed by atoms with Crippen LogP contribution in [0.4, 0.5) is 5.82 Å². The number of aliphatic hydroxyl groups excluding tert-OH is 1. The van der Waals surface area contributed by atoms with E-state index in [9.17, 15) is 9.90 Å². The molecule has 1 unspecified atom stereocenters. The number of anilines is 1. The summed E-state index contributed by atoms with van der Waals surface area (Å²) in [5.41, 5.74) is 2.18. The van der Waals surface area contributed by atoms with Crippen LogP contribution < -0.4 is 5.32 Å². The van der Waals surface area contributed by atoms with Crippen molar-refractivity contribution in [2.75, 3.05) is 25.5 Å². The highest BCUT2D eigenvalue weighted by Crippen LogP contribution is 2.28. The van der Waals surface area contributed by atoms with Crippen molar-refractivity contribution < 1.29 is 14.4 Å². The molecule has 0 aliphatic heterocycles. The van der Waals surface area contributed by atoms with Gasteiger partial charge in [0.05, 0.1) is 19.2 Å². The van der Waals surface area contributed by atoms with Crippen molar-refractivity contribution in [1.29, 1.82) is 0 Å². The molecule has 29 heavy (non-hydrogen) atoms. The van der Waals surface area contributed by atoms with Crippen LogP contribution in [0.5, 0.6) is 0 Å². The van der Waals surface area contributed by atoms with Crippen LogP contribution in [0.2, 0.25) is 0 Å². The van der Waals surface area contributed by atoms with E-state index < -0.39 is 6.10 Å². The molecule has 1 amide bonds. The van der Waals surface area contributed by atoms with Gasteiger partial charge in [0.15, 0.2) is 5.82 Å². The summed E-state index contributed by atoms with van der Waals surface area (Å²) >= 11 is 0. The first-order valence-electron chi connectivity index (χ1n) is 9.57. The van der Waals surface area contributed by atoms with Crippen LogP contribution in [0, 0.1) is 6.92 Å². The summed E-state index contributed by atoms with van der Waals surface area (Å²) < 4.78 is 7.08. The maximum Gasteiger partial charge on any atom is 0.239 e. The number of rotatable bonds is 7. The molecule has 0 spiro atoms. The molecule has 150 valence electrons. The summed E-state index contributed by atoms with van der Waals surface area (Å²) in [5, 5.41) is 19.5. The molecule has 1 atom stereocenters. The van der Waals surface area contributed by atoms with Gasteiger partial charge in [-0.15, -0.1) is 0 Å². The Bertz CT molecular complexity index is 1090. The summed E-state index contributed by atoms with van der Waals surface area (Å²) in [5.74, 6) is 0.826. The lowest BCUT2D eigenvalue weighted by Crippen LogP contribution is -2.37. The van der Waals surface area contributed by atoms with Crippen LogP contribution in [0.15, 0.2) is 59.1 Å². The predicted molar refractivity (Wildman–Crippen MR) is 113 cm³/mol. The molecule has 0 fully saturated rings. The first kappa shape index (κ1) is 19.2. The number of aliphatic hydroxyl groups is 1. The topological polar surface area (TPSA) is 83.5 Å². The third-order valence-electron chi connectivity index (χ3n) is 4.90. The Balaban J connectivity index is 1.42. The lowest BCUT2D eigenvalue weighted by atomic mass is 10.2. The standard InChI is InChI=1S/C22H24N4O3/c1-15-11-21(24-29-15)23-22(28)14-25(2)12-16(27)13-26-19-9-5-3-7-17(19)18-8-4-6-10-20(18)26/h3-11,16,27H,12-14H2,1-2H3,(H,23,24,28). The molecule has 0 saturated heterocycles. The fourth-order valence-electron chi connectivity index (χ4n) is 3.75. The van der Waals surface area contributed by atoms with Gasteiger partial charge in [0.1, 0.15) is 5.76 Å². The number of para-hydroxylation sites is 2. The minimum Gasteiger partial charge on any atom is -0.390 e. The second kappa shape index (κ2) is 8.06. The van der Waals surface area contributed by atoms with Crippen LogP contribution in [0.1, 0.15) is 5.76 Å². The van der Waals surface area contributed by atoms with Crippen molar-refractivity contribution in [1.82, 2.24) is 14.6 Å². The number of benzene rings is 2. The molecule has 0 aliphatic rings. The van der Waals surface area contributed by atoms with Crippen molar-refractivity contribution in [2.24, 2.45) is 0 Å². The molecule has 0 radical (unpaired) electrons. The van der Waals surface area contributed by atoms with Crippen molar-refractivity contribution in [2.45, 2.75) is 19.6 Å². The number of aryl methyl sites for hydroxylation is 1. The number of nitrogens with zero attached hydrogens (tertiary/aromatic N) is 3. The number of amides is 1. The highest BCUT2D eigenvalue weighted by Gasteiger charge is 2.16. The quantitative estimate of drug-likeness (QED) is 0.505. The van der Waals surface area contributed by atoms with Gasteiger partial charge in [0.2, 0.25) is 5.91 Å². The largest absolute Gasteiger partial charge is 0.390 e. The molecular weight excluding hydrogens is 368 g/mol. The number of hydrogen-bond donors (Lipinski definition) is 2. The Morgan fingerprint density at radius 2 is 1.79 bits per heavy atom. The molecule has 4 aromatic rings. The molecule has 0 aliphatic carbocycles. The second-order valence-electron chi connectivity index (χ2n) is 7.37. The lowest BCUT2D eigenvalue weighted by molar-refractivity contribution is -0.117. The van der Waals surface area contributed by atoms with Gasteiger partial charge in [-0.05, 0) is 26.1 Å². The van der Waals surface area contributed by atoms with Crippen LogP contribution in [-0.2, 0) is 11.3 Å². The molecule has 2 aromatic heterocycles. The van der Waals surface area contributed by atoms with Gasteiger partial charge in [-0.25, -0.2) is 0 Å². The Morgan fingerprint density at radius 3 is 2.38 bits per heavy atom. The number of likely N-dealkylation sites (N-methyl/N-ethyl adjacent to an activating group) is 1. The van der Waals surface area contributed by atoms with Crippen molar-refractivity contribution in [3.8, 4) is 0 Å². The number of hydrogen-bond acceptors (Lipinski definition) is 5. The van der Waals surface area contributed by atoms with Crippen molar-refractivity contribution >= 4 is 33.5 Å². The molecular formula is C22H24N4O3. The minimum absolute atomic E-state index is 0.149.